The van der Waals surface area contributed by atoms with Crippen LogP contribution in [0.5, 0.6) is 0 Å². The zero-order valence-corrected chi connectivity index (χ0v) is 8.05. The van der Waals surface area contributed by atoms with Gasteiger partial charge in [0.05, 0.1) is 5.60 Å². The van der Waals surface area contributed by atoms with E-state index in [1.54, 1.807) is 0 Å². The van der Waals surface area contributed by atoms with Gasteiger partial charge in [0.1, 0.15) is 0 Å². The molecule has 0 amide bonds. The minimum atomic E-state index is 0.221. The maximum atomic E-state index is 5.43. The molecule has 1 rings (SSSR count). The van der Waals surface area contributed by atoms with Crippen molar-refractivity contribution in [2.24, 2.45) is 0 Å². The summed E-state index contributed by atoms with van der Waals surface area (Å²) in [5, 5.41) is 0. The van der Waals surface area contributed by atoms with Gasteiger partial charge in [-0.1, -0.05) is 0 Å². The van der Waals surface area contributed by atoms with E-state index in [4.69, 9.17) is 4.74 Å². The van der Waals surface area contributed by atoms with Gasteiger partial charge in [-0.25, -0.2) is 0 Å². The Hall–Kier alpha value is -0.0800. The van der Waals surface area contributed by atoms with E-state index in [1.807, 2.05) is 7.11 Å². The van der Waals surface area contributed by atoms with E-state index in [1.165, 1.54) is 12.8 Å². The molecule has 0 radical (unpaired) electrons. The highest BCUT2D eigenvalue weighted by Crippen LogP contribution is 2.39. The summed E-state index contributed by atoms with van der Waals surface area (Å²) in [5.41, 5.74) is 0.221. The Bertz CT molecular complexity index is 130. The van der Waals surface area contributed by atoms with E-state index in [9.17, 15) is 0 Å². The molecule has 0 aromatic heterocycles. The average Bonchev–Trinajstić information content (AvgIpc) is 2.69. The maximum absolute atomic E-state index is 5.43. The van der Waals surface area contributed by atoms with Gasteiger partial charge in [0.15, 0.2) is 0 Å². The lowest BCUT2D eigenvalue weighted by atomic mass is 10.2. The zero-order chi connectivity index (χ0) is 8.48. The molecule has 0 heterocycles. The molecule has 11 heavy (non-hydrogen) atoms. The normalized spacial score (nSPS) is 21.3. The fourth-order valence-electron chi connectivity index (χ4n) is 1.20. The second kappa shape index (κ2) is 3.11. The Labute approximate surface area is 69.5 Å². The molecule has 0 saturated heterocycles. The van der Waals surface area contributed by atoms with Crippen molar-refractivity contribution in [1.29, 1.82) is 0 Å². The summed E-state index contributed by atoms with van der Waals surface area (Å²) in [5.74, 6) is 0. The highest BCUT2D eigenvalue weighted by molar-refractivity contribution is 4.97. The number of hydrogen-bond acceptors (Lipinski definition) is 2. The van der Waals surface area contributed by atoms with Crippen molar-refractivity contribution in [2.45, 2.75) is 38.3 Å². The Morgan fingerprint density at radius 2 is 2.00 bits per heavy atom. The number of hydrogen-bond donors (Lipinski definition) is 0. The molecule has 2 heteroatoms. The summed E-state index contributed by atoms with van der Waals surface area (Å²) < 4.78 is 5.43. The predicted molar refractivity (Wildman–Crippen MR) is 46.7 cm³/mol. The smallest absolute Gasteiger partial charge is 0.0807 e. The Balaban J connectivity index is 2.30. The molecule has 1 aliphatic carbocycles. The Morgan fingerprint density at radius 3 is 2.27 bits per heavy atom. The SMILES string of the molecule is COC1(CN(C)C(C)C)CC1. The standard InChI is InChI=1S/C9H19NO/c1-8(2)10(3)7-9(11-4)5-6-9/h8H,5-7H2,1-4H3. The molecule has 0 N–H and O–H groups in total. The quantitative estimate of drug-likeness (QED) is 0.613. The zero-order valence-electron chi connectivity index (χ0n) is 8.05. The van der Waals surface area contributed by atoms with Crippen LogP contribution in [0.4, 0.5) is 0 Å². The van der Waals surface area contributed by atoms with E-state index >= 15 is 0 Å². The van der Waals surface area contributed by atoms with Crippen molar-refractivity contribution in [3.05, 3.63) is 0 Å². The third kappa shape index (κ3) is 2.17. The summed E-state index contributed by atoms with van der Waals surface area (Å²) in [6.07, 6.45) is 2.47. The van der Waals surface area contributed by atoms with Crippen LogP contribution < -0.4 is 0 Å². The lowest BCUT2D eigenvalue weighted by molar-refractivity contribution is 0.0430. The van der Waals surface area contributed by atoms with Crippen molar-refractivity contribution in [3.8, 4) is 0 Å². The fraction of sp³-hybridized carbons (Fsp3) is 1.00. The van der Waals surface area contributed by atoms with Crippen LogP contribution in [0.3, 0.4) is 0 Å². The van der Waals surface area contributed by atoms with Crippen LogP contribution in [-0.4, -0.2) is 37.2 Å². The van der Waals surface area contributed by atoms with Gasteiger partial charge in [-0.2, -0.15) is 0 Å². The number of nitrogens with zero attached hydrogens (tertiary/aromatic N) is 1. The molecule has 2 nitrogen and oxygen atoms in total. The van der Waals surface area contributed by atoms with Gasteiger partial charge < -0.3 is 9.64 Å². The fourth-order valence-corrected chi connectivity index (χ4v) is 1.20. The van der Waals surface area contributed by atoms with Gasteiger partial charge in [0, 0.05) is 19.7 Å². The molecule has 1 aliphatic rings. The molecule has 0 aromatic carbocycles. The molecule has 0 aliphatic heterocycles. The minimum Gasteiger partial charge on any atom is -0.377 e. The minimum absolute atomic E-state index is 0.221. The average molecular weight is 157 g/mol. The third-order valence-electron chi connectivity index (χ3n) is 2.66. The van der Waals surface area contributed by atoms with Gasteiger partial charge >= 0.3 is 0 Å². The topological polar surface area (TPSA) is 12.5 Å². The first-order chi connectivity index (χ1) is 5.09. The van der Waals surface area contributed by atoms with Crippen LogP contribution in [0.1, 0.15) is 26.7 Å². The van der Waals surface area contributed by atoms with Crippen molar-refractivity contribution in [3.63, 3.8) is 0 Å². The summed E-state index contributed by atoms with van der Waals surface area (Å²) in [6, 6.07) is 0.627. The monoisotopic (exact) mass is 157 g/mol. The van der Waals surface area contributed by atoms with Crippen LogP contribution in [0.2, 0.25) is 0 Å². The van der Waals surface area contributed by atoms with Gasteiger partial charge in [0.2, 0.25) is 0 Å². The van der Waals surface area contributed by atoms with E-state index in [2.05, 4.69) is 25.8 Å². The van der Waals surface area contributed by atoms with Crippen molar-refractivity contribution in [2.75, 3.05) is 20.7 Å². The lowest BCUT2D eigenvalue weighted by Gasteiger charge is -2.25. The maximum Gasteiger partial charge on any atom is 0.0807 e. The van der Waals surface area contributed by atoms with Crippen LogP contribution in [0, 0.1) is 0 Å². The first-order valence-corrected chi connectivity index (χ1v) is 4.35. The second-order valence-corrected chi connectivity index (χ2v) is 3.90. The second-order valence-electron chi connectivity index (χ2n) is 3.90. The number of methoxy groups -OCH3 is 1. The van der Waals surface area contributed by atoms with E-state index < -0.39 is 0 Å². The Morgan fingerprint density at radius 1 is 1.45 bits per heavy atom. The van der Waals surface area contributed by atoms with E-state index in [0.717, 1.165) is 6.54 Å². The van der Waals surface area contributed by atoms with E-state index in [-0.39, 0.29) is 5.60 Å². The first-order valence-electron chi connectivity index (χ1n) is 4.35. The van der Waals surface area contributed by atoms with Gasteiger partial charge in [-0.15, -0.1) is 0 Å². The van der Waals surface area contributed by atoms with Crippen LogP contribution in [0.15, 0.2) is 0 Å². The summed E-state index contributed by atoms with van der Waals surface area (Å²) in [6.45, 7) is 5.51. The van der Waals surface area contributed by atoms with Crippen molar-refractivity contribution < 1.29 is 4.74 Å². The first kappa shape index (κ1) is 9.01. The summed E-state index contributed by atoms with van der Waals surface area (Å²) >= 11 is 0. The predicted octanol–water partition coefficient (Wildman–Crippen LogP) is 1.51. The van der Waals surface area contributed by atoms with Crippen LogP contribution in [0.25, 0.3) is 0 Å². The van der Waals surface area contributed by atoms with Gasteiger partial charge in [-0.3, -0.25) is 0 Å². The molecule has 1 fully saturated rings. The number of ether oxygens (including phenoxy) is 1. The van der Waals surface area contributed by atoms with Crippen LogP contribution in [-0.2, 0) is 4.74 Å². The van der Waals surface area contributed by atoms with Crippen molar-refractivity contribution in [1.82, 2.24) is 4.90 Å². The van der Waals surface area contributed by atoms with E-state index in [0.29, 0.717) is 6.04 Å². The molecule has 0 atom stereocenters. The molecule has 0 unspecified atom stereocenters. The highest BCUT2D eigenvalue weighted by atomic mass is 16.5. The number of rotatable bonds is 4. The molecule has 0 spiro atoms. The van der Waals surface area contributed by atoms with Crippen molar-refractivity contribution >= 4 is 0 Å². The Kier molecular flexibility index (Phi) is 2.55. The highest BCUT2D eigenvalue weighted by Gasteiger charge is 2.43. The molecular weight excluding hydrogens is 138 g/mol. The largest absolute Gasteiger partial charge is 0.377 e. The molecule has 0 bridgehead atoms. The number of likely N-dealkylation sites (N-methyl/N-ethyl adjacent to an activating group) is 1. The molecular formula is C9H19NO. The summed E-state index contributed by atoms with van der Waals surface area (Å²) in [7, 11) is 3.98. The third-order valence-corrected chi connectivity index (χ3v) is 2.66. The summed E-state index contributed by atoms with van der Waals surface area (Å²) in [4.78, 5) is 2.34. The molecule has 0 aromatic rings. The van der Waals surface area contributed by atoms with Gasteiger partial charge in [-0.05, 0) is 33.7 Å². The van der Waals surface area contributed by atoms with Crippen LogP contribution >= 0.6 is 0 Å². The lowest BCUT2D eigenvalue weighted by Crippen LogP contribution is -2.36. The molecule has 66 valence electrons. The molecule has 1 saturated carbocycles. The van der Waals surface area contributed by atoms with Gasteiger partial charge in [0.25, 0.3) is 0 Å².